The van der Waals surface area contributed by atoms with Crippen molar-refractivity contribution in [2.24, 2.45) is 0 Å². The highest BCUT2D eigenvalue weighted by molar-refractivity contribution is 5.88. The second kappa shape index (κ2) is 10.1. The van der Waals surface area contributed by atoms with Crippen molar-refractivity contribution in [2.45, 2.75) is 26.3 Å². The van der Waals surface area contributed by atoms with E-state index in [-0.39, 0.29) is 12.4 Å². The van der Waals surface area contributed by atoms with Crippen molar-refractivity contribution < 1.29 is 23.9 Å². The van der Waals surface area contributed by atoms with Gasteiger partial charge in [0.1, 0.15) is 5.75 Å². The first-order valence-electron chi connectivity index (χ1n) is 8.63. The predicted molar refractivity (Wildman–Crippen MR) is 100 cm³/mol. The molecule has 0 spiro atoms. The van der Waals surface area contributed by atoms with Crippen LogP contribution in [-0.4, -0.2) is 36.9 Å². The summed E-state index contributed by atoms with van der Waals surface area (Å²) in [7, 11) is 0. The molecule has 0 radical (unpaired) electrons. The van der Waals surface area contributed by atoms with Crippen LogP contribution in [0.4, 0.5) is 0 Å². The van der Waals surface area contributed by atoms with E-state index in [1.165, 1.54) is 6.92 Å². The van der Waals surface area contributed by atoms with E-state index in [0.29, 0.717) is 12.2 Å². The zero-order chi connectivity index (χ0) is 19.6. The fourth-order valence-electron chi connectivity index (χ4n) is 2.42. The maximum absolute atomic E-state index is 12.0. The van der Waals surface area contributed by atoms with Gasteiger partial charge in [0.25, 0.3) is 5.91 Å². The number of hydrogen-bond acceptors (Lipinski definition) is 5. The summed E-state index contributed by atoms with van der Waals surface area (Å²) in [6, 6.07) is 16.0. The van der Waals surface area contributed by atoms with E-state index in [0.717, 1.165) is 11.1 Å². The molecule has 0 aliphatic heterocycles. The predicted octanol–water partition coefficient (Wildman–Crippen LogP) is 2.23. The molecule has 0 saturated heterocycles. The maximum atomic E-state index is 12.0. The lowest BCUT2D eigenvalue weighted by Gasteiger charge is -2.16. The summed E-state index contributed by atoms with van der Waals surface area (Å²) in [4.78, 5) is 35.5. The number of para-hydroxylation sites is 1. The highest BCUT2D eigenvalue weighted by Crippen LogP contribution is 2.15. The standard InChI is InChI=1S/C21H23NO5/c1-15-8-6-7-11-19(15)26-14-21(25)27-13-20(24)22-18(16(2)23)12-17-9-4-3-5-10-17/h3-11,18H,12-14H2,1-2H3,(H,22,24)/t18-/m1/s1. The normalized spacial score (nSPS) is 11.3. The molecule has 0 aliphatic carbocycles. The van der Waals surface area contributed by atoms with Crippen LogP contribution in [0.2, 0.25) is 0 Å². The molecule has 6 heteroatoms. The lowest BCUT2D eigenvalue weighted by atomic mass is 10.0. The van der Waals surface area contributed by atoms with Gasteiger partial charge in [0, 0.05) is 0 Å². The van der Waals surface area contributed by atoms with Crippen LogP contribution in [0, 0.1) is 6.92 Å². The van der Waals surface area contributed by atoms with Crippen LogP contribution < -0.4 is 10.1 Å². The maximum Gasteiger partial charge on any atom is 0.344 e. The summed E-state index contributed by atoms with van der Waals surface area (Å²) in [6.45, 7) is 2.52. The molecule has 6 nitrogen and oxygen atoms in total. The number of esters is 1. The van der Waals surface area contributed by atoms with Crippen molar-refractivity contribution in [3.8, 4) is 5.75 Å². The van der Waals surface area contributed by atoms with Crippen LogP contribution in [0.25, 0.3) is 0 Å². The molecule has 27 heavy (non-hydrogen) atoms. The first-order valence-corrected chi connectivity index (χ1v) is 8.63. The Balaban J connectivity index is 1.77. The van der Waals surface area contributed by atoms with E-state index >= 15 is 0 Å². The monoisotopic (exact) mass is 369 g/mol. The van der Waals surface area contributed by atoms with Gasteiger partial charge in [0.05, 0.1) is 6.04 Å². The lowest BCUT2D eigenvalue weighted by Crippen LogP contribution is -2.43. The Kier molecular flexibility index (Phi) is 7.55. The van der Waals surface area contributed by atoms with E-state index in [1.807, 2.05) is 49.4 Å². The largest absolute Gasteiger partial charge is 0.482 e. The summed E-state index contributed by atoms with van der Waals surface area (Å²) in [6.07, 6.45) is 0.381. The minimum Gasteiger partial charge on any atom is -0.482 e. The van der Waals surface area contributed by atoms with Crippen molar-refractivity contribution in [3.63, 3.8) is 0 Å². The second-order valence-electron chi connectivity index (χ2n) is 6.14. The van der Waals surface area contributed by atoms with E-state index < -0.39 is 24.5 Å². The van der Waals surface area contributed by atoms with Gasteiger partial charge in [-0.2, -0.15) is 0 Å². The number of aryl methyl sites for hydroxylation is 1. The van der Waals surface area contributed by atoms with Crippen molar-refractivity contribution in [1.82, 2.24) is 5.32 Å². The quantitative estimate of drug-likeness (QED) is 0.686. The second-order valence-corrected chi connectivity index (χ2v) is 6.14. The first kappa shape index (κ1) is 20.2. The Morgan fingerprint density at radius 2 is 1.63 bits per heavy atom. The zero-order valence-electron chi connectivity index (χ0n) is 15.4. The summed E-state index contributed by atoms with van der Waals surface area (Å²) < 4.78 is 10.3. The number of benzene rings is 2. The van der Waals surface area contributed by atoms with Crippen molar-refractivity contribution in [3.05, 3.63) is 65.7 Å². The van der Waals surface area contributed by atoms with Crippen LogP contribution in [0.15, 0.2) is 54.6 Å². The van der Waals surface area contributed by atoms with Gasteiger partial charge < -0.3 is 14.8 Å². The van der Waals surface area contributed by atoms with Crippen molar-refractivity contribution in [1.29, 1.82) is 0 Å². The van der Waals surface area contributed by atoms with Gasteiger partial charge >= 0.3 is 5.97 Å². The third-order valence-corrected chi connectivity index (χ3v) is 3.91. The Hall–Kier alpha value is -3.15. The molecular weight excluding hydrogens is 346 g/mol. The highest BCUT2D eigenvalue weighted by Gasteiger charge is 2.18. The van der Waals surface area contributed by atoms with Crippen LogP contribution >= 0.6 is 0 Å². The Labute approximate surface area is 158 Å². The molecule has 1 N–H and O–H groups in total. The fourth-order valence-corrected chi connectivity index (χ4v) is 2.42. The average Bonchev–Trinajstić information content (AvgIpc) is 2.66. The number of ketones is 1. The molecule has 0 heterocycles. The fraction of sp³-hybridized carbons (Fsp3) is 0.286. The van der Waals surface area contributed by atoms with E-state index in [2.05, 4.69) is 5.32 Å². The van der Waals surface area contributed by atoms with Crippen LogP contribution in [-0.2, 0) is 25.5 Å². The number of ether oxygens (including phenoxy) is 2. The number of Topliss-reactive ketones (excluding diaryl/α,β-unsaturated/α-hetero) is 1. The Bertz CT molecular complexity index is 788. The van der Waals surface area contributed by atoms with E-state index in [1.54, 1.807) is 12.1 Å². The van der Waals surface area contributed by atoms with Gasteiger partial charge in [0.2, 0.25) is 0 Å². The smallest absolute Gasteiger partial charge is 0.344 e. The molecule has 0 saturated carbocycles. The molecule has 2 aromatic carbocycles. The summed E-state index contributed by atoms with van der Waals surface area (Å²) in [5.41, 5.74) is 1.83. The third kappa shape index (κ3) is 6.93. The first-order chi connectivity index (χ1) is 13.0. The van der Waals surface area contributed by atoms with Crippen LogP contribution in [0.1, 0.15) is 18.1 Å². The molecule has 2 rings (SSSR count). The van der Waals surface area contributed by atoms with Crippen molar-refractivity contribution >= 4 is 17.7 Å². The van der Waals surface area contributed by atoms with Gasteiger partial charge in [-0.05, 0) is 37.5 Å². The number of amides is 1. The van der Waals surface area contributed by atoms with Crippen molar-refractivity contribution in [2.75, 3.05) is 13.2 Å². The molecule has 2 aromatic rings. The van der Waals surface area contributed by atoms with Crippen LogP contribution in [0.3, 0.4) is 0 Å². The summed E-state index contributed by atoms with van der Waals surface area (Å²) >= 11 is 0. The topological polar surface area (TPSA) is 81.7 Å². The molecule has 0 fully saturated rings. The SMILES string of the molecule is CC(=O)[C@@H](Cc1ccccc1)NC(=O)COC(=O)COc1ccccc1C. The summed E-state index contributed by atoms with van der Waals surface area (Å²) in [5, 5.41) is 2.60. The Morgan fingerprint density at radius 1 is 0.963 bits per heavy atom. The van der Waals surface area contributed by atoms with Crippen LogP contribution in [0.5, 0.6) is 5.75 Å². The minimum absolute atomic E-state index is 0.165. The van der Waals surface area contributed by atoms with Gasteiger partial charge in [-0.15, -0.1) is 0 Å². The third-order valence-electron chi connectivity index (χ3n) is 3.91. The number of carbonyl (C=O) groups excluding carboxylic acids is 3. The van der Waals surface area contributed by atoms with Gasteiger partial charge in [0.15, 0.2) is 19.0 Å². The molecule has 1 atom stereocenters. The molecule has 0 bridgehead atoms. The molecule has 142 valence electrons. The van der Waals surface area contributed by atoms with Gasteiger partial charge in [-0.3, -0.25) is 9.59 Å². The van der Waals surface area contributed by atoms with Gasteiger partial charge in [-0.1, -0.05) is 48.5 Å². The lowest BCUT2D eigenvalue weighted by molar-refractivity contribution is -0.150. The molecule has 0 aromatic heterocycles. The zero-order valence-corrected chi connectivity index (χ0v) is 15.4. The summed E-state index contributed by atoms with van der Waals surface area (Å²) in [5.74, 6) is -0.772. The van der Waals surface area contributed by atoms with E-state index in [4.69, 9.17) is 9.47 Å². The average molecular weight is 369 g/mol. The number of nitrogens with one attached hydrogen (secondary N) is 1. The Morgan fingerprint density at radius 3 is 2.30 bits per heavy atom. The number of hydrogen-bond donors (Lipinski definition) is 1. The number of carbonyl (C=O) groups is 3. The van der Waals surface area contributed by atoms with Gasteiger partial charge in [-0.25, -0.2) is 4.79 Å². The molecular formula is C21H23NO5. The number of rotatable bonds is 9. The molecule has 0 aliphatic rings. The molecule has 0 unspecified atom stereocenters. The minimum atomic E-state index is -0.665. The highest BCUT2D eigenvalue weighted by atomic mass is 16.6. The van der Waals surface area contributed by atoms with E-state index in [9.17, 15) is 14.4 Å². The molecule has 1 amide bonds.